The maximum atomic E-state index is 13.0. The highest BCUT2D eigenvalue weighted by Gasteiger charge is 2.22. The van der Waals surface area contributed by atoms with Gasteiger partial charge in [-0.1, -0.05) is 6.07 Å². The van der Waals surface area contributed by atoms with Gasteiger partial charge < -0.3 is 19.5 Å². The van der Waals surface area contributed by atoms with E-state index in [4.69, 9.17) is 14.2 Å². The van der Waals surface area contributed by atoms with Crippen molar-refractivity contribution in [1.29, 1.82) is 0 Å². The zero-order chi connectivity index (χ0) is 24.3. The average Bonchev–Trinajstić information content (AvgIpc) is 2.84. The number of fused-ring (bicyclic) bond motifs is 1. The maximum Gasteiger partial charge on any atom is 0.332 e. The van der Waals surface area contributed by atoms with Crippen LogP contribution < -0.4 is 26.0 Å². The van der Waals surface area contributed by atoms with Gasteiger partial charge in [-0.05, 0) is 23.8 Å². The van der Waals surface area contributed by atoms with E-state index in [1.54, 1.807) is 18.2 Å². The van der Waals surface area contributed by atoms with Crippen molar-refractivity contribution in [3.05, 3.63) is 62.4 Å². The van der Waals surface area contributed by atoms with Crippen LogP contribution in [0.1, 0.15) is 28.4 Å². The predicted octanol–water partition coefficient (Wildman–Crippen LogP) is 0.684. The molecule has 0 aliphatic rings. The van der Waals surface area contributed by atoms with E-state index in [1.807, 2.05) is 0 Å². The Morgan fingerprint density at radius 2 is 1.73 bits per heavy atom. The van der Waals surface area contributed by atoms with Gasteiger partial charge in [0.1, 0.15) is 5.65 Å². The number of benzene rings is 1. The van der Waals surface area contributed by atoms with Crippen LogP contribution >= 0.6 is 0 Å². The van der Waals surface area contributed by atoms with Crippen molar-refractivity contribution >= 4 is 22.9 Å². The number of methoxy groups -OCH3 is 3. The average molecular weight is 456 g/mol. The number of hydrogen-bond donors (Lipinski definition) is 1. The Labute approximate surface area is 188 Å². The van der Waals surface area contributed by atoms with Gasteiger partial charge in [-0.25, -0.2) is 9.78 Å². The molecule has 3 rings (SSSR count). The maximum absolute atomic E-state index is 13.0. The van der Waals surface area contributed by atoms with Crippen LogP contribution in [-0.4, -0.2) is 47.3 Å². The Hall–Kier alpha value is -4.15. The summed E-state index contributed by atoms with van der Waals surface area (Å²) >= 11 is 0. The molecule has 11 heteroatoms. The van der Waals surface area contributed by atoms with Crippen LogP contribution in [0.5, 0.6) is 11.5 Å². The lowest BCUT2D eigenvalue weighted by Gasteiger charge is -2.20. The molecule has 0 spiro atoms. The smallest absolute Gasteiger partial charge is 0.332 e. The van der Waals surface area contributed by atoms with Gasteiger partial charge in [-0.2, -0.15) is 0 Å². The second-order valence-electron chi connectivity index (χ2n) is 7.22. The number of nitrogens with one attached hydrogen (secondary N) is 1. The van der Waals surface area contributed by atoms with E-state index in [-0.39, 0.29) is 23.0 Å². The first-order valence-corrected chi connectivity index (χ1v) is 9.87. The van der Waals surface area contributed by atoms with Crippen molar-refractivity contribution in [2.24, 2.45) is 14.1 Å². The minimum Gasteiger partial charge on any atom is -0.493 e. The van der Waals surface area contributed by atoms with Crippen LogP contribution in [0.2, 0.25) is 0 Å². The van der Waals surface area contributed by atoms with Crippen LogP contribution in [-0.2, 0) is 23.6 Å². The van der Waals surface area contributed by atoms with Crippen molar-refractivity contribution in [2.45, 2.75) is 12.5 Å². The van der Waals surface area contributed by atoms with Gasteiger partial charge in [-0.15, -0.1) is 0 Å². The number of amides is 1. The van der Waals surface area contributed by atoms with Gasteiger partial charge in [0, 0.05) is 20.3 Å². The first kappa shape index (κ1) is 23.5. The predicted molar refractivity (Wildman–Crippen MR) is 119 cm³/mol. The van der Waals surface area contributed by atoms with Crippen molar-refractivity contribution in [3.8, 4) is 11.5 Å². The highest BCUT2D eigenvalue weighted by atomic mass is 16.5. The van der Waals surface area contributed by atoms with Crippen molar-refractivity contribution < 1.29 is 23.8 Å². The van der Waals surface area contributed by atoms with Crippen LogP contribution in [0.25, 0.3) is 11.0 Å². The number of rotatable bonds is 7. The summed E-state index contributed by atoms with van der Waals surface area (Å²) in [4.78, 5) is 53.8. The molecule has 174 valence electrons. The molecule has 0 aliphatic carbocycles. The summed E-state index contributed by atoms with van der Waals surface area (Å²) in [5.74, 6) is -0.180. The molecule has 0 saturated carbocycles. The summed E-state index contributed by atoms with van der Waals surface area (Å²) in [6.07, 6.45) is 1.12. The van der Waals surface area contributed by atoms with Gasteiger partial charge in [0.2, 0.25) is 0 Å². The van der Waals surface area contributed by atoms with Crippen molar-refractivity contribution in [2.75, 3.05) is 21.3 Å². The topological polar surface area (TPSA) is 131 Å². The number of hydrogen-bond acceptors (Lipinski definition) is 8. The fraction of sp³-hybridized carbons (Fsp3) is 0.318. The third-order valence-corrected chi connectivity index (χ3v) is 5.27. The van der Waals surface area contributed by atoms with Crippen LogP contribution in [0, 0.1) is 0 Å². The summed E-state index contributed by atoms with van der Waals surface area (Å²) in [5.41, 5.74) is -0.261. The number of pyridine rings is 1. The molecule has 0 radical (unpaired) electrons. The molecule has 1 amide bonds. The molecule has 2 heterocycles. The lowest BCUT2D eigenvalue weighted by molar-refractivity contribution is -0.141. The first-order valence-electron chi connectivity index (χ1n) is 9.87. The van der Waals surface area contributed by atoms with E-state index in [1.165, 1.54) is 52.3 Å². The molecule has 1 aromatic carbocycles. The van der Waals surface area contributed by atoms with E-state index in [2.05, 4.69) is 10.3 Å². The Balaban J connectivity index is 2.00. The fourth-order valence-electron chi connectivity index (χ4n) is 3.40. The quantitative estimate of drug-likeness (QED) is 0.514. The largest absolute Gasteiger partial charge is 0.493 e. The van der Waals surface area contributed by atoms with Crippen molar-refractivity contribution in [1.82, 2.24) is 19.4 Å². The number of aromatic nitrogens is 3. The minimum absolute atomic E-state index is 0.0913. The summed E-state index contributed by atoms with van der Waals surface area (Å²) in [6, 6.07) is 5.61. The van der Waals surface area contributed by atoms with Gasteiger partial charge in [0.05, 0.1) is 44.7 Å². The van der Waals surface area contributed by atoms with E-state index in [0.29, 0.717) is 17.1 Å². The third-order valence-electron chi connectivity index (χ3n) is 5.27. The number of carbonyl (C=O) groups excluding carboxylic acids is 2. The molecule has 0 fully saturated rings. The summed E-state index contributed by atoms with van der Waals surface area (Å²) < 4.78 is 17.5. The highest BCUT2D eigenvalue weighted by molar-refractivity contribution is 5.97. The third kappa shape index (κ3) is 4.56. The van der Waals surface area contributed by atoms with Gasteiger partial charge in [0.25, 0.3) is 11.5 Å². The van der Waals surface area contributed by atoms with E-state index < -0.39 is 29.2 Å². The normalized spacial score (nSPS) is 11.7. The van der Waals surface area contributed by atoms with E-state index >= 15 is 0 Å². The summed E-state index contributed by atoms with van der Waals surface area (Å²) in [5, 5.41) is 2.89. The molecule has 1 atom stereocenters. The number of carbonyl (C=O) groups is 2. The van der Waals surface area contributed by atoms with Crippen molar-refractivity contribution in [3.63, 3.8) is 0 Å². The number of nitrogens with zero attached hydrogens (tertiary/aromatic N) is 3. The van der Waals surface area contributed by atoms with Gasteiger partial charge >= 0.3 is 11.7 Å². The molecule has 3 aromatic rings. The summed E-state index contributed by atoms with van der Waals surface area (Å²) in [6.45, 7) is 0. The van der Waals surface area contributed by atoms with Gasteiger partial charge in [-0.3, -0.25) is 23.5 Å². The SMILES string of the molecule is COC(=O)CC(NC(=O)c1cnc2c(c1)c(=O)n(C)c(=O)n2C)c1ccc(OC)c(OC)c1. The molecule has 0 aliphatic heterocycles. The molecule has 0 saturated heterocycles. The molecule has 11 nitrogen and oxygen atoms in total. The number of aryl methyl sites for hydroxylation is 1. The zero-order valence-corrected chi connectivity index (χ0v) is 18.9. The highest BCUT2D eigenvalue weighted by Crippen LogP contribution is 2.31. The molecular weight excluding hydrogens is 432 g/mol. The van der Waals surface area contributed by atoms with Crippen LogP contribution in [0.3, 0.4) is 0 Å². The second-order valence-corrected chi connectivity index (χ2v) is 7.22. The Kier molecular flexibility index (Phi) is 6.80. The Morgan fingerprint density at radius 3 is 2.36 bits per heavy atom. The van der Waals surface area contributed by atoms with Crippen LogP contribution in [0.4, 0.5) is 0 Å². The molecule has 0 bridgehead atoms. The monoisotopic (exact) mass is 456 g/mol. The van der Waals surface area contributed by atoms with E-state index in [9.17, 15) is 19.2 Å². The standard InChI is InChI=1S/C22H24N4O7/c1-25-19-14(21(29)26(2)22(25)30)8-13(11-23-19)20(28)24-15(10-18(27)33-5)12-6-7-16(31-3)17(9-12)32-4/h6-9,11,15H,10H2,1-5H3,(H,24,28). The second kappa shape index (κ2) is 9.55. The number of esters is 1. The van der Waals surface area contributed by atoms with E-state index in [0.717, 1.165) is 4.57 Å². The molecule has 1 N–H and O–H groups in total. The molecular formula is C22H24N4O7. The number of ether oxygens (including phenoxy) is 3. The summed E-state index contributed by atoms with van der Waals surface area (Å²) in [7, 11) is 7.06. The zero-order valence-electron chi connectivity index (χ0n) is 18.9. The van der Waals surface area contributed by atoms with Gasteiger partial charge in [0.15, 0.2) is 11.5 Å². The Bertz CT molecular complexity index is 1340. The lowest BCUT2D eigenvalue weighted by Crippen LogP contribution is -2.37. The molecule has 2 aromatic heterocycles. The first-order chi connectivity index (χ1) is 15.7. The molecule has 33 heavy (non-hydrogen) atoms. The Morgan fingerprint density at radius 1 is 1.03 bits per heavy atom. The van der Waals surface area contributed by atoms with Crippen LogP contribution in [0.15, 0.2) is 40.1 Å². The lowest BCUT2D eigenvalue weighted by atomic mass is 10.0. The fourth-order valence-corrected chi connectivity index (χ4v) is 3.40. The minimum atomic E-state index is -0.761. The molecule has 1 unspecified atom stereocenters.